The smallest absolute Gasteiger partial charge is 0.323 e. The normalized spacial score (nSPS) is 10.7. The Balaban J connectivity index is 2.16. The van der Waals surface area contributed by atoms with Gasteiger partial charge < -0.3 is 20.3 Å². The highest BCUT2D eigenvalue weighted by atomic mass is 19.1. The van der Waals surface area contributed by atoms with Crippen molar-refractivity contribution < 1.29 is 23.1 Å². The number of halogens is 2. The molecule has 0 heterocycles. The topological polar surface area (TPSA) is 70.7 Å². The van der Waals surface area contributed by atoms with E-state index in [-0.39, 0.29) is 17.0 Å². The molecule has 0 saturated carbocycles. The van der Waals surface area contributed by atoms with E-state index < -0.39 is 17.7 Å². The van der Waals surface area contributed by atoms with Crippen molar-refractivity contribution >= 4 is 23.2 Å². The molecule has 0 aliphatic rings. The van der Waals surface area contributed by atoms with Crippen LogP contribution in [-0.2, 0) is 0 Å². The van der Waals surface area contributed by atoms with Gasteiger partial charge in [0.05, 0.1) is 18.4 Å². The lowest BCUT2D eigenvalue weighted by atomic mass is 10.1. The quantitative estimate of drug-likeness (QED) is 0.497. The first-order valence-electron chi connectivity index (χ1n) is 9.05. The summed E-state index contributed by atoms with van der Waals surface area (Å²) in [4.78, 5) is 26.6. The predicted octanol–water partition coefficient (Wildman–Crippen LogP) is 4.66. The van der Waals surface area contributed by atoms with Crippen LogP contribution < -0.4 is 15.4 Å². The van der Waals surface area contributed by atoms with Crippen LogP contribution in [0.3, 0.4) is 0 Å². The van der Waals surface area contributed by atoms with E-state index in [1.54, 1.807) is 18.3 Å². The van der Waals surface area contributed by atoms with Gasteiger partial charge in [0.1, 0.15) is 17.4 Å². The number of carbonyl (C=O) groups is 2. The van der Waals surface area contributed by atoms with E-state index >= 15 is 0 Å². The Morgan fingerprint density at radius 1 is 1.07 bits per heavy atom. The highest BCUT2D eigenvalue weighted by Crippen LogP contribution is 2.24. The summed E-state index contributed by atoms with van der Waals surface area (Å²) < 4.78 is 31.9. The highest BCUT2D eigenvalue weighted by Gasteiger charge is 2.13. The second-order valence-corrected chi connectivity index (χ2v) is 6.02. The molecule has 2 aromatic rings. The van der Waals surface area contributed by atoms with E-state index in [0.29, 0.717) is 17.5 Å². The van der Waals surface area contributed by atoms with Gasteiger partial charge in [0.15, 0.2) is 5.78 Å². The number of carbonyl (C=O) groups excluding carboxylic acids is 2. The van der Waals surface area contributed by atoms with Crippen molar-refractivity contribution in [1.82, 2.24) is 4.90 Å². The van der Waals surface area contributed by atoms with Gasteiger partial charge in [-0.05, 0) is 44.2 Å². The molecule has 0 radical (unpaired) electrons. The van der Waals surface area contributed by atoms with Gasteiger partial charge in [-0.15, -0.1) is 0 Å². The molecule has 0 unspecified atom stereocenters. The standard InChI is InChI=1S/C21H23F2N3O3/c1-4-26(5-2)11-10-19(27)16-13-15(7-9-20(16)29-3)24-21(28)25-18-8-6-14(22)12-17(18)23/h6-13H,4-5H2,1-3H3,(H2,24,25,28). The first-order valence-corrected chi connectivity index (χ1v) is 9.05. The van der Waals surface area contributed by atoms with Gasteiger partial charge >= 0.3 is 6.03 Å². The monoisotopic (exact) mass is 403 g/mol. The summed E-state index contributed by atoms with van der Waals surface area (Å²) >= 11 is 0. The van der Waals surface area contributed by atoms with Crippen molar-refractivity contribution in [3.8, 4) is 5.75 Å². The Morgan fingerprint density at radius 2 is 1.79 bits per heavy atom. The second-order valence-electron chi connectivity index (χ2n) is 6.02. The van der Waals surface area contributed by atoms with Gasteiger partial charge in [-0.25, -0.2) is 13.6 Å². The number of anilines is 2. The molecule has 0 aromatic heterocycles. The maximum atomic E-state index is 13.7. The molecular formula is C21H23F2N3O3. The van der Waals surface area contributed by atoms with E-state index in [2.05, 4.69) is 10.6 Å². The fourth-order valence-corrected chi connectivity index (χ4v) is 2.55. The third-order valence-electron chi connectivity index (χ3n) is 4.15. The lowest BCUT2D eigenvalue weighted by Crippen LogP contribution is -2.20. The summed E-state index contributed by atoms with van der Waals surface area (Å²) in [5, 5.41) is 4.80. The molecule has 0 aliphatic heterocycles. The average molecular weight is 403 g/mol. The molecule has 0 aliphatic carbocycles. The number of nitrogens with zero attached hydrogens (tertiary/aromatic N) is 1. The van der Waals surface area contributed by atoms with Crippen molar-refractivity contribution in [2.45, 2.75) is 13.8 Å². The lowest BCUT2D eigenvalue weighted by molar-refractivity contribution is 0.104. The molecule has 154 valence electrons. The number of methoxy groups -OCH3 is 1. The van der Waals surface area contributed by atoms with E-state index in [4.69, 9.17) is 4.74 Å². The Kier molecular flexibility index (Phi) is 7.70. The maximum absolute atomic E-state index is 13.7. The first kappa shape index (κ1) is 21.9. The van der Waals surface area contributed by atoms with Crippen LogP contribution in [0.5, 0.6) is 5.75 Å². The molecule has 6 nitrogen and oxygen atoms in total. The minimum absolute atomic E-state index is 0.170. The van der Waals surface area contributed by atoms with Gasteiger partial charge in [-0.2, -0.15) is 0 Å². The van der Waals surface area contributed by atoms with Crippen LogP contribution in [0.25, 0.3) is 0 Å². The van der Waals surface area contributed by atoms with Crippen molar-refractivity contribution in [3.63, 3.8) is 0 Å². The number of ether oxygens (including phenoxy) is 1. The molecule has 2 rings (SSSR count). The number of nitrogens with one attached hydrogen (secondary N) is 2. The number of ketones is 1. The minimum Gasteiger partial charge on any atom is -0.496 e. The number of amides is 2. The van der Waals surface area contributed by atoms with Gasteiger partial charge in [0, 0.05) is 37.1 Å². The van der Waals surface area contributed by atoms with E-state index in [1.807, 2.05) is 18.7 Å². The maximum Gasteiger partial charge on any atom is 0.323 e. The van der Waals surface area contributed by atoms with Crippen LogP contribution in [0.15, 0.2) is 48.7 Å². The summed E-state index contributed by atoms with van der Waals surface area (Å²) in [5.41, 5.74) is 0.406. The Morgan fingerprint density at radius 3 is 2.41 bits per heavy atom. The Labute approximate surface area is 168 Å². The molecule has 0 spiro atoms. The fraction of sp³-hybridized carbons (Fsp3) is 0.238. The molecule has 2 amide bonds. The van der Waals surface area contributed by atoms with Gasteiger partial charge in [-0.3, -0.25) is 4.79 Å². The Bertz CT molecular complexity index is 912. The Hall–Kier alpha value is -3.42. The minimum atomic E-state index is -0.896. The molecule has 0 atom stereocenters. The molecule has 0 saturated heterocycles. The van der Waals surface area contributed by atoms with Crippen molar-refractivity contribution in [2.75, 3.05) is 30.8 Å². The number of rotatable bonds is 8. The van der Waals surface area contributed by atoms with Crippen LogP contribution in [0, 0.1) is 11.6 Å². The third-order valence-corrected chi connectivity index (χ3v) is 4.15. The summed E-state index contributed by atoms with van der Waals surface area (Å²) in [6.45, 7) is 5.48. The number of hydrogen-bond acceptors (Lipinski definition) is 4. The van der Waals surface area contributed by atoms with Crippen molar-refractivity contribution in [2.24, 2.45) is 0 Å². The van der Waals surface area contributed by atoms with Gasteiger partial charge in [-0.1, -0.05) is 0 Å². The largest absolute Gasteiger partial charge is 0.496 e. The molecule has 29 heavy (non-hydrogen) atoms. The van der Waals surface area contributed by atoms with Crippen LogP contribution >= 0.6 is 0 Å². The average Bonchev–Trinajstić information content (AvgIpc) is 2.70. The number of benzene rings is 2. The van der Waals surface area contributed by atoms with Crippen molar-refractivity contribution in [1.29, 1.82) is 0 Å². The molecule has 2 aromatic carbocycles. The van der Waals surface area contributed by atoms with Crippen LogP contribution in [0.4, 0.5) is 25.0 Å². The lowest BCUT2D eigenvalue weighted by Gasteiger charge is -2.15. The summed E-state index contributed by atoms with van der Waals surface area (Å²) in [7, 11) is 1.44. The van der Waals surface area contributed by atoms with E-state index in [1.165, 1.54) is 19.3 Å². The van der Waals surface area contributed by atoms with Crippen LogP contribution in [0.1, 0.15) is 24.2 Å². The van der Waals surface area contributed by atoms with Crippen molar-refractivity contribution in [3.05, 3.63) is 65.9 Å². The number of urea groups is 1. The molecule has 2 N–H and O–H groups in total. The number of hydrogen-bond donors (Lipinski definition) is 2. The zero-order chi connectivity index (χ0) is 21.4. The van der Waals surface area contributed by atoms with Gasteiger partial charge in [0.2, 0.25) is 0 Å². The first-order chi connectivity index (χ1) is 13.9. The highest BCUT2D eigenvalue weighted by molar-refractivity contribution is 6.08. The molecule has 0 bridgehead atoms. The molecule has 8 heteroatoms. The summed E-state index contributed by atoms with van der Waals surface area (Å²) in [6, 6.07) is 6.64. The van der Waals surface area contributed by atoms with Crippen LogP contribution in [-0.4, -0.2) is 36.9 Å². The summed E-state index contributed by atoms with van der Waals surface area (Å²) in [5.74, 6) is -1.58. The second kappa shape index (κ2) is 10.2. The SMILES string of the molecule is CCN(C=CC(=O)c1cc(NC(=O)Nc2ccc(F)cc2F)ccc1OC)CC. The van der Waals surface area contributed by atoms with Gasteiger partial charge in [0.25, 0.3) is 0 Å². The zero-order valence-corrected chi connectivity index (χ0v) is 16.5. The van der Waals surface area contributed by atoms with E-state index in [0.717, 1.165) is 25.2 Å². The predicted molar refractivity (Wildman–Crippen MR) is 108 cm³/mol. The van der Waals surface area contributed by atoms with E-state index in [9.17, 15) is 18.4 Å². The van der Waals surface area contributed by atoms with Crippen LogP contribution in [0.2, 0.25) is 0 Å². The molecule has 0 fully saturated rings. The summed E-state index contributed by atoms with van der Waals surface area (Å²) in [6.07, 6.45) is 3.13. The fourth-order valence-electron chi connectivity index (χ4n) is 2.55. The third kappa shape index (κ3) is 6.03. The number of allylic oxidation sites excluding steroid dienone is 1. The molecular weight excluding hydrogens is 380 g/mol. The zero-order valence-electron chi connectivity index (χ0n) is 16.5.